The summed E-state index contributed by atoms with van der Waals surface area (Å²) < 4.78 is 46.1. The Kier molecular flexibility index (Phi) is 14.5. The van der Waals surface area contributed by atoms with E-state index in [1.54, 1.807) is 24.3 Å². The molecule has 3 amide bonds. The molecule has 0 radical (unpaired) electrons. The number of thiazole rings is 1. The van der Waals surface area contributed by atoms with E-state index in [4.69, 9.17) is 4.74 Å². The molecule has 2 atom stereocenters. The van der Waals surface area contributed by atoms with Crippen LogP contribution in [0.5, 0.6) is 5.75 Å². The van der Waals surface area contributed by atoms with Gasteiger partial charge in [-0.1, -0.05) is 43.2 Å². The summed E-state index contributed by atoms with van der Waals surface area (Å²) in [5.74, 6) is -0.608. The Morgan fingerprint density at radius 2 is 1.68 bits per heavy atom. The van der Waals surface area contributed by atoms with Crippen LogP contribution in [0.25, 0.3) is 11.1 Å². The molecule has 5 aromatic rings. The third-order valence-corrected chi connectivity index (χ3v) is 16.2. The number of alkyl halides is 3. The highest BCUT2D eigenvalue weighted by Gasteiger charge is 2.40. The van der Waals surface area contributed by atoms with Gasteiger partial charge in [-0.25, -0.2) is 20.2 Å². The maximum atomic E-state index is 13.4. The molecular weight excluding hydrogens is 960 g/mol. The number of pyridine rings is 1. The van der Waals surface area contributed by atoms with Crippen molar-refractivity contribution in [1.29, 1.82) is 0 Å². The standard InChI is InChI=1S/C54H60F3N9O6S/c1-32-37(38-18-20-46(59-49(38)52(70)71)66-24-22-34-8-5-10-39(42(34)30-66)50(68)61-53-58-45(31-73-53)54(55,56)57)9-6-11-44(32)72-36-15-12-33(13-16-36)7-3-4-23-64-25-27-65(28-26-64)35-14-17-40-43(29-35)63(2)62-48(40)41-19-21-47(67)60-51(41)69/h5-6,8-11,14,17-18,20,29,31,33,36,41,48,62H,3-4,7,12-13,15-16,19,21-28,30H2,1-2H3,(H,70,71)(H,58,61,68)(H,60,67,69). The minimum atomic E-state index is -4.62. The van der Waals surface area contributed by atoms with Gasteiger partial charge in [0.2, 0.25) is 11.8 Å². The number of carboxylic acid groups (broad SMARTS) is 1. The van der Waals surface area contributed by atoms with Crippen LogP contribution in [-0.4, -0.2) is 96.1 Å². The summed E-state index contributed by atoms with van der Waals surface area (Å²) in [5, 5.41) is 18.2. The van der Waals surface area contributed by atoms with Crippen molar-refractivity contribution in [2.45, 2.75) is 96.0 Å². The number of piperazine rings is 1. The van der Waals surface area contributed by atoms with Crippen molar-refractivity contribution in [3.8, 4) is 16.9 Å². The van der Waals surface area contributed by atoms with E-state index in [1.807, 2.05) is 48.1 Å². The Morgan fingerprint density at radius 3 is 2.44 bits per heavy atom. The lowest BCUT2D eigenvalue weighted by Crippen LogP contribution is -2.46. The monoisotopic (exact) mass is 1020 g/mol. The number of unbranched alkanes of at least 4 members (excludes halogenated alkanes) is 1. The highest BCUT2D eigenvalue weighted by Crippen LogP contribution is 2.42. The SMILES string of the molecule is Cc1c(OC2CCC(CCCCN3CCN(c4ccc5c(c4)N(C)NC5C4CCC(=O)NC4=O)CC3)CC2)cccc1-c1ccc(N2CCc3cccc(C(=O)Nc4nc(C(F)(F)F)cs4)c3C2)nc1C(=O)O. The number of fused-ring (bicyclic) bond motifs is 2. The second-order valence-electron chi connectivity index (χ2n) is 20.0. The number of amides is 3. The third kappa shape index (κ3) is 10.9. The van der Waals surface area contributed by atoms with E-state index < -0.39 is 23.7 Å². The Balaban J connectivity index is 0.685. The average Bonchev–Trinajstić information content (AvgIpc) is 4.00. The number of nitrogens with one attached hydrogen (secondary N) is 3. The van der Waals surface area contributed by atoms with Crippen LogP contribution >= 0.6 is 11.3 Å². The molecule has 0 bridgehead atoms. The van der Waals surface area contributed by atoms with Crippen LogP contribution in [0.2, 0.25) is 0 Å². The average molecular weight is 1020 g/mol. The van der Waals surface area contributed by atoms with Crippen LogP contribution in [0.3, 0.4) is 0 Å². The highest BCUT2D eigenvalue weighted by atomic mass is 32.1. The number of aromatic nitrogens is 2. The molecule has 4 N–H and O–H groups in total. The first kappa shape index (κ1) is 50.0. The van der Waals surface area contributed by atoms with Crippen molar-refractivity contribution in [3.05, 3.63) is 111 Å². The predicted octanol–water partition coefficient (Wildman–Crippen LogP) is 9.02. The number of halogens is 3. The van der Waals surface area contributed by atoms with E-state index in [9.17, 15) is 37.5 Å². The number of hydrogen-bond donors (Lipinski definition) is 4. The van der Waals surface area contributed by atoms with Gasteiger partial charge in [0, 0.05) is 74.9 Å². The second-order valence-corrected chi connectivity index (χ2v) is 20.8. The van der Waals surface area contributed by atoms with Crippen molar-refractivity contribution in [2.75, 3.05) is 66.4 Å². The molecule has 3 fully saturated rings. The molecule has 3 aromatic carbocycles. The minimum Gasteiger partial charge on any atom is -0.490 e. The number of imide groups is 1. The molecule has 19 heteroatoms. The van der Waals surface area contributed by atoms with Crippen LogP contribution in [0.1, 0.15) is 113 Å². The Morgan fingerprint density at radius 1 is 0.890 bits per heavy atom. The number of benzene rings is 3. The molecule has 4 aliphatic heterocycles. The van der Waals surface area contributed by atoms with Gasteiger partial charge < -0.3 is 24.7 Å². The molecule has 0 spiro atoms. The molecule has 1 saturated carbocycles. The first-order valence-corrected chi connectivity index (χ1v) is 26.2. The van der Waals surface area contributed by atoms with Gasteiger partial charge in [0.25, 0.3) is 5.91 Å². The van der Waals surface area contributed by atoms with Gasteiger partial charge in [0.05, 0.1) is 23.8 Å². The van der Waals surface area contributed by atoms with Gasteiger partial charge >= 0.3 is 12.1 Å². The van der Waals surface area contributed by atoms with Gasteiger partial charge in [-0.2, -0.15) is 13.2 Å². The van der Waals surface area contributed by atoms with E-state index in [0.29, 0.717) is 65.6 Å². The van der Waals surface area contributed by atoms with Crippen LogP contribution < -0.4 is 35.6 Å². The minimum absolute atomic E-state index is 0.0722. The summed E-state index contributed by atoms with van der Waals surface area (Å²) in [6.45, 7) is 7.77. The van der Waals surface area contributed by atoms with Crippen molar-refractivity contribution < 1.29 is 42.2 Å². The van der Waals surface area contributed by atoms with Gasteiger partial charge in [0.1, 0.15) is 11.6 Å². The molecule has 5 aliphatic rings. The molecule has 10 rings (SSSR count). The lowest BCUT2D eigenvalue weighted by molar-refractivity contribution is -0.141. The van der Waals surface area contributed by atoms with E-state index in [1.165, 1.54) is 24.9 Å². The first-order valence-electron chi connectivity index (χ1n) is 25.3. The zero-order valence-corrected chi connectivity index (χ0v) is 41.8. The fourth-order valence-corrected chi connectivity index (χ4v) is 12.0. The fraction of sp³-hybridized carbons (Fsp3) is 0.444. The lowest BCUT2D eigenvalue weighted by atomic mass is 9.84. The zero-order valence-electron chi connectivity index (χ0n) is 41.0. The van der Waals surface area contributed by atoms with E-state index in [-0.39, 0.29) is 47.2 Å². The molecule has 1 aliphatic carbocycles. The smallest absolute Gasteiger partial charge is 0.434 e. The number of nitrogens with zero attached hydrogens (tertiary/aromatic N) is 6. The Bertz CT molecular complexity index is 2900. The topological polar surface area (TPSA) is 173 Å². The van der Waals surface area contributed by atoms with Crippen molar-refractivity contribution >= 4 is 57.4 Å². The third-order valence-electron chi connectivity index (χ3n) is 15.4. The summed E-state index contributed by atoms with van der Waals surface area (Å²) in [6.07, 6.45) is 4.63. The summed E-state index contributed by atoms with van der Waals surface area (Å²) in [5.41, 5.74) is 9.57. The summed E-state index contributed by atoms with van der Waals surface area (Å²) >= 11 is 0.698. The van der Waals surface area contributed by atoms with Crippen molar-refractivity contribution in [1.82, 2.24) is 25.6 Å². The molecule has 2 saturated heterocycles. The normalized spacial score (nSPS) is 21.4. The Labute approximate surface area is 426 Å². The summed E-state index contributed by atoms with van der Waals surface area (Å²) in [7, 11) is 1.98. The molecule has 73 heavy (non-hydrogen) atoms. The van der Waals surface area contributed by atoms with Gasteiger partial charge in [-0.15, -0.1) is 11.3 Å². The van der Waals surface area contributed by atoms with Crippen LogP contribution in [0, 0.1) is 18.8 Å². The number of ether oxygens (including phenoxy) is 1. The van der Waals surface area contributed by atoms with E-state index in [2.05, 4.69) is 54.0 Å². The fourth-order valence-electron chi connectivity index (χ4n) is 11.3. The maximum Gasteiger partial charge on any atom is 0.434 e. The van der Waals surface area contributed by atoms with Gasteiger partial charge in [-0.3, -0.25) is 29.9 Å². The molecule has 2 unspecified atom stereocenters. The summed E-state index contributed by atoms with van der Waals surface area (Å²) in [6, 6.07) is 20.9. The predicted molar refractivity (Wildman–Crippen MR) is 273 cm³/mol. The quantitative estimate of drug-likeness (QED) is 0.0614. The van der Waals surface area contributed by atoms with Crippen molar-refractivity contribution in [2.24, 2.45) is 11.8 Å². The number of anilines is 4. The number of aromatic carboxylic acids is 1. The molecule has 2 aromatic heterocycles. The summed E-state index contributed by atoms with van der Waals surface area (Å²) in [4.78, 5) is 65.7. The van der Waals surface area contributed by atoms with Gasteiger partial charge in [0.15, 0.2) is 16.5 Å². The Hall–Kier alpha value is -6.57. The van der Waals surface area contributed by atoms with Crippen LogP contribution in [0.15, 0.2) is 72.1 Å². The van der Waals surface area contributed by atoms with Gasteiger partial charge in [-0.05, 0) is 129 Å². The number of hydrazine groups is 1. The lowest BCUT2D eigenvalue weighted by Gasteiger charge is -2.36. The van der Waals surface area contributed by atoms with Crippen LogP contribution in [-0.2, 0) is 28.7 Å². The second kappa shape index (κ2) is 21.1. The van der Waals surface area contributed by atoms with E-state index in [0.717, 1.165) is 97.5 Å². The molecule has 15 nitrogen and oxygen atoms in total. The highest BCUT2D eigenvalue weighted by molar-refractivity contribution is 7.14. The largest absolute Gasteiger partial charge is 0.490 e. The van der Waals surface area contributed by atoms with Crippen molar-refractivity contribution in [3.63, 3.8) is 0 Å². The number of carboxylic acids is 1. The molecule has 6 heterocycles. The van der Waals surface area contributed by atoms with E-state index >= 15 is 0 Å². The molecular formula is C54H60F3N9O6S. The number of piperidine rings is 1. The number of carbonyl (C=O) groups excluding carboxylic acids is 3. The zero-order chi connectivity index (χ0) is 51.0. The van der Waals surface area contributed by atoms with Crippen LogP contribution in [0.4, 0.5) is 35.5 Å². The number of hydrogen-bond acceptors (Lipinski definition) is 13. The molecule has 384 valence electrons. The first-order chi connectivity index (χ1) is 35.2. The maximum absolute atomic E-state index is 13.4. The number of rotatable bonds is 14. The number of carbonyl (C=O) groups is 4.